The Balaban J connectivity index is 1.33. The van der Waals surface area contributed by atoms with Gasteiger partial charge in [0, 0.05) is 74.2 Å². The van der Waals surface area contributed by atoms with Crippen LogP contribution in [0.1, 0.15) is 11.4 Å². The fraction of sp³-hybridized carbons (Fsp3) is 0.500. The highest BCUT2D eigenvalue weighted by atomic mass is 19.1. The fourth-order valence-electron chi connectivity index (χ4n) is 4.68. The maximum atomic E-state index is 12.8. The van der Waals surface area contributed by atoms with Crippen LogP contribution >= 0.6 is 0 Å². The van der Waals surface area contributed by atoms with E-state index in [1.807, 2.05) is 23.1 Å². The van der Waals surface area contributed by atoms with Crippen molar-refractivity contribution < 1.29 is 9.18 Å². The van der Waals surface area contributed by atoms with Gasteiger partial charge in [0.1, 0.15) is 6.67 Å². The van der Waals surface area contributed by atoms with Gasteiger partial charge in [-0.3, -0.25) is 29.2 Å². The monoisotopic (exact) mass is 451 g/mol. The maximum Gasteiger partial charge on any atom is 0.152 e. The van der Waals surface area contributed by atoms with E-state index in [9.17, 15) is 9.18 Å². The summed E-state index contributed by atoms with van der Waals surface area (Å²) in [5, 5.41) is 5.49. The van der Waals surface area contributed by atoms with Crippen molar-refractivity contribution in [2.24, 2.45) is 0 Å². The molecule has 8 nitrogen and oxygen atoms in total. The van der Waals surface area contributed by atoms with Crippen LogP contribution in [-0.2, 0) is 24.3 Å². The molecule has 0 saturated carbocycles. The van der Waals surface area contributed by atoms with Crippen LogP contribution in [0.3, 0.4) is 0 Å². The first kappa shape index (κ1) is 22.1. The Labute approximate surface area is 193 Å². The Hall–Kier alpha value is -2.75. The molecule has 0 aromatic carbocycles. The van der Waals surface area contributed by atoms with Gasteiger partial charge in [-0.05, 0) is 19.2 Å². The number of alkyl halides is 1. The minimum Gasteiger partial charge on any atom is -0.304 e. The number of carbonyl (C=O) groups is 1. The lowest BCUT2D eigenvalue weighted by molar-refractivity contribution is -0.120. The number of ketones is 1. The summed E-state index contributed by atoms with van der Waals surface area (Å²) in [5.74, 6) is 0.189. The van der Waals surface area contributed by atoms with E-state index < -0.39 is 0 Å². The first-order valence-corrected chi connectivity index (χ1v) is 11.6. The van der Waals surface area contributed by atoms with Gasteiger partial charge in [-0.25, -0.2) is 4.39 Å². The second kappa shape index (κ2) is 9.62. The topological polar surface area (TPSA) is 70.4 Å². The van der Waals surface area contributed by atoms with Crippen LogP contribution < -0.4 is 0 Å². The summed E-state index contributed by atoms with van der Waals surface area (Å²) in [7, 11) is 2.11. The van der Waals surface area contributed by atoms with Crippen molar-refractivity contribution in [3.05, 3.63) is 42.1 Å². The summed E-state index contributed by atoms with van der Waals surface area (Å²) in [6.45, 7) is 6.69. The normalized spacial score (nSPS) is 18.0. The van der Waals surface area contributed by atoms with Crippen LogP contribution in [0.2, 0.25) is 0 Å². The van der Waals surface area contributed by atoms with Crippen LogP contribution in [0.5, 0.6) is 0 Å². The number of aromatic nitrogens is 4. The van der Waals surface area contributed by atoms with Crippen molar-refractivity contribution in [2.75, 3.05) is 59.5 Å². The molecule has 0 aliphatic carbocycles. The number of hydrogen-bond donors (Lipinski definition) is 0. The molecule has 0 radical (unpaired) electrons. The Morgan fingerprint density at radius 3 is 2.64 bits per heavy atom. The lowest BCUT2D eigenvalue weighted by Crippen LogP contribution is -2.46. The molecule has 174 valence electrons. The summed E-state index contributed by atoms with van der Waals surface area (Å²) < 4.78 is 14.8. The first-order valence-electron chi connectivity index (χ1n) is 11.6. The van der Waals surface area contributed by atoms with Crippen molar-refractivity contribution in [2.45, 2.75) is 19.5 Å². The third-order valence-electron chi connectivity index (χ3n) is 6.66. The van der Waals surface area contributed by atoms with E-state index in [2.05, 4.69) is 42.9 Å². The zero-order valence-corrected chi connectivity index (χ0v) is 19.1. The van der Waals surface area contributed by atoms with Gasteiger partial charge in [0.15, 0.2) is 5.78 Å². The number of halogens is 1. The number of carbonyl (C=O) groups excluding carboxylic acids is 1. The molecule has 0 bridgehead atoms. The molecule has 9 heteroatoms. The van der Waals surface area contributed by atoms with Crippen molar-refractivity contribution in [1.82, 2.24) is 34.4 Å². The van der Waals surface area contributed by atoms with Gasteiger partial charge in [-0.2, -0.15) is 5.10 Å². The molecular formula is C24H30FN7O. The SMILES string of the molecule is CN1CCN(CC(=O)Cc2cc3cc(-c4cnn5c4CN(CCF)CC5)cnc3cn2)CC1. The predicted molar refractivity (Wildman–Crippen MR) is 125 cm³/mol. The van der Waals surface area contributed by atoms with Crippen LogP contribution in [-0.4, -0.2) is 99.8 Å². The molecule has 1 fully saturated rings. The van der Waals surface area contributed by atoms with Crippen molar-refractivity contribution in [1.29, 1.82) is 0 Å². The minimum absolute atomic E-state index is 0.189. The van der Waals surface area contributed by atoms with E-state index in [0.29, 0.717) is 26.1 Å². The third-order valence-corrected chi connectivity index (χ3v) is 6.66. The lowest BCUT2D eigenvalue weighted by atomic mass is 10.0. The van der Waals surface area contributed by atoms with E-state index in [1.165, 1.54) is 0 Å². The van der Waals surface area contributed by atoms with Crippen molar-refractivity contribution in [3.63, 3.8) is 0 Å². The highest BCUT2D eigenvalue weighted by molar-refractivity contribution is 5.86. The van der Waals surface area contributed by atoms with Crippen molar-refractivity contribution >= 4 is 16.7 Å². The third kappa shape index (κ3) is 4.95. The summed E-state index contributed by atoms with van der Waals surface area (Å²) in [5.41, 5.74) is 4.66. The largest absolute Gasteiger partial charge is 0.304 e. The maximum absolute atomic E-state index is 12.8. The standard InChI is InChI=1S/C24H30FN7O/c1-29-4-6-31(7-5-29)16-21(33)12-20-11-18-10-19(13-27-23(18)15-26-20)22-14-28-32-9-8-30(3-2-25)17-24(22)32/h10-11,13-15H,2-9,12,16-17H2,1H3. The summed E-state index contributed by atoms with van der Waals surface area (Å²) in [6.07, 6.45) is 5.79. The number of likely N-dealkylation sites (N-methyl/N-ethyl adjacent to an activating group) is 1. The van der Waals surface area contributed by atoms with Gasteiger partial charge in [0.05, 0.1) is 43.1 Å². The van der Waals surface area contributed by atoms with Crippen LogP contribution in [0.15, 0.2) is 30.7 Å². The van der Waals surface area contributed by atoms with Crippen LogP contribution in [0, 0.1) is 0 Å². The van der Waals surface area contributed by atoms with E-state index >= 15 is 0 Å². The number of rotatable bonds is 7. The number of fused-ring (bicyclic) bond motifs is 2. The first-order chi connectivity index (χ1) is 16.1. The summed E-state index contributed by atoms with van der Waals surface area (Å²) >= 11 is 0. The summed E-state index contributed by atoms with van der Waals surface area (Å²) in [4.78, 5) is 28.3. The zero-order chi connectivity index (χ0) is 22.8. The highest BCUT2D eigenvalue weighted by Gasteiger charge is 2.21. The van der Waals surface area contributed by atoms with E-state index in [4.69, 9.17) is 0 Å². The molecule has 5 heterocycles. The molecule has 5 rings (SSSR count). The molecule has 3 aromatic heterocycles. The molecule has 2 aliphatic rings. The molecule has 1 saturated heterocycles. The Morgan fingerprint density at radius 1 is 1.00 bits per heavy atom. The van der Waals surface area contributed by atoms with E-state index in [1.54, 1.807) is 6.20 Å². The molecule has 33 heavy (non-hydrogen) atoms. The average molecular weight is 452 g/mol. The second-order valence-corrected chi connectivity index (χ2v) is 9.08. The molecule has 0 N–H and O–H groups in total. The smallest absolute Gasteiger partial charge is 0.152 e. The van der Waals surface area contributed by atoms with Gasteiger partial charge in [-0.1, -0.05) is 0 Å². The number of Topliss-reactive ketones (excluding diaryl/α,β-unsaturated/α-hetero) is 1. The van der Waals surface area contributed by atoms with E-state index in [0.717, 1.165) is 72.7 Å². The second-order valence-electron chi connectivity index (χ2n) is 9.08. The van der Waals surface area contributed by atoms with E-state index in [-0.39, 0.29) is 12.5 Å². The van der Waals surface area contributed by atoms with Crippen molar-refractivity contribution in [3.8, 4) is 11.1 Å². The average Bonchev–Trinajstić information content (AvgIpc) is 3.23. The molecular weight excluding hydrogens is 421 g/mol. The van der Waals surface area contributed by atoms with Gasteiger partial charge in [0.25, 0.3) is 0 Å². The molecule has 0 spiro atoms. The molecule has 0 unspecified atom stereocenters. The fourth-order valence-corrected chi connectivity index (χ4v) is 4.68. The minimum atomic E-state index is -0.343. The van der Waals surface area contributed by atoms with Gasteiger partial charge < -0.3 is 4.90 Å². The Bertz CT molecular complexity index is 1140. The quantitative estimate of drug-likeness (QED) is 0.541. The Morgan fingerprint density at radius 2 is 1.82 bits per heavy atom. The predicted octanol–water partition coefficient (Wildman–Crippen LogP) is 1.64. The number of hydrogen-bond acceptors (Lipinski definition) is 7. The lowest BCUT2D eigenvalue weighted by Gasteiger charge is -2.31. The Kier molecular flexibility index (Phi) is 6.43. The number of piperazine rings is 1. The van der Waals surface area contributed by atoms with Crippen LogP contribution in [0.4, 0.5) is 4.39 Å². The van der Waals surface area contributed by atoms with Crippen LogP contribution in [0.25, 0.3) is 22.0 Å². The van der Waals surface area contributed by atoms with Gasteiger partial charge in [-0.15, -0.1) is 0 Å². The molecule has 0 amide bonds. The zero-order valence-electron chi connectivity index (χ0n) is 19.1. The van der Waals surface area contributed by atoms with Gasteiger partial charge in [0.2, 0.25) is 0 Å². The molecule has 0 atom stereocenters. The number of nitrogens with zero attached hydrogens (tertiary/aromatic N) is 7. The molecule has 3 aromatic rings. The van der Waals surface area contributed by atoms with Gasteiger partial charge >= 0.3 is 0 Å². The highest BCUT2D eigenvalue weighted by Crippen LogP contribution is 2.28. The number of pyridine rings is 2. The summed E-state index contributed by atoms with van der Waals surface area (Å²) in [6, 6.07) is 4.06. The molecule has 2 aliphatic heterocycles.